The van der Waals surface area contributed by atoms with E-state index in [1.807, 2.05) is 25.1 Å². The number of amides is 1. The second-order valence-corrected chi connectivity index (χ2v) is 8.27. The van der Waals surface area contributed by atoms with Crippen molar-refractivity contribution < 1.29 is 9.90 Å². The largest absolute Gasteiger partial charge is 0.391 e. The SMILES string of the molecule is CC(=O)N[C@@H]1C[C@@H]2CN(Cc3cc(=O)c4cc(C)ccc4[nH]3)C[C@@H]2C[C@H]1O. The Balaban J connectivity index is 1.47. The number of carbonyl (C=O) groups excluding carboxylic acids is 1. The molecule has 6 heteroatoms. The fourth-order valence-corrected chi connectivity index (χ4v) is 4.82. The minimum absolute atomic E-state index is 0.0557. The zero-order chi connectivity index (χ0) is 19.1. The van der Waals surface area contributed by atoms with Gasteiger partial charge in [-0.3, -0.25) is 14.5 Å². The topological polar surface area (TPSA) is 85.4 Å². The number of aliphatic hydroxyl groups is 1. The molecule has 0 unspecified atom stereocenters. The van der Waals surface area contributed by atoms with Crippen LogP contribution in [0.3, 0.4) is 0 Å². The summed E-state index contributed by atoms with van der Waals surface area (Å²) in [6.45, 7) is 6.04. The van der Waals surface area contributed by atoms with E-state index in [2.05, 4.69) is 15.2 Å². The van der Waals surface area contributed by atoms with E-state index in [-0.39, 0.29) is 17.4 Å². The Kier molecular flexibility index (Phi) is 4.78. The van der Waals surface area contributed by atoms with E-state index in [1.54, 1.807) is 6.07 Å². The first kappa shape index (κ1) is 18.2. The van der Waals surface area contributed by atoms with E-state index in [0.717, 1.165) is 48.1 Å². The molecule has 2 fully saturated rings. The lowest BCUT2D eigenvalue weighted by atomic mass is 9.77. The minimum Gasteiger partial charge on any atom is -0.391 e. The van der Waals surface area contributed by atoms with Crippen LogP contribution in [0.4, 0.5) is 0 Å². The Morgan fingerprint density at radius 3 is 2.74 bits per heavy atom. The molecule has 1 aromatic heterocycles. The molecule has 1 amide bonds. The fourth-order valence-electron chi connectivity index (χ4n) is 4.82. The van der Waals surface area contributed by atoms with Crippen LogP contribution >= 0.6 is 0 Å². The maximum absolute atomic E-state index is 12.5. The molecule has 27 heavy (non-hydrogen) atoms. The number of nitrogens with one attached hydrogen (secondary N) is 2. The van der Waals surface area contributed by atoms with Crippen LogP contribution in [0, 0.1) is 18.8 Å². The lowest BCUT2D eigenvalue weighted by molar-refractivity contribution is -0.121. The standard InChI is InChI=1S/C21H27N3O3/c1-12-3-4-18-17(5-12)20(26)8-16(23-18)11-24-9-14-6-19(22-13(2)25)21(27)7-15(14)10-24/h3-5,8,14-15,19,21,27H,6-7,9-11H2,1-2H3,(H,22,25)(H,23,26)/t14-,15+,19-,21-/m1/s1. The molecule has 1 aromatic carbocycles. The van der Waals surface area contributed by atoms with E-state index >= 15 is 0 Å². The maximum Gasteiger partial charge on any atom is 0.217 e. The number of benzene rings is 1. The summed E-state index contributed by atoms with van der Waals surface area (Å²) in [4.78, 5) is 29.6. The van der Waals surface area contributed by atoms with Crippen LogP contribution in [0.25, 0.3) is 10.9 Å². The first-order valence-corrected chi connectivity index (χ1v) is 9.69. The highest BCUT2D eigenvalue weighted by Gasteiger charge is 2.41. The van der Waals surface area contributed by atoms with Crippen molar-refractivity contribution in [1.82, 2.24) is 15.2 Å². The third-order valence-electron chi connectivity index (χ3n) is 6.04. The molecule has 1 saturated carbocycles. The number of nitrogens with zero attached hydrogens (tertiary/aromatic N) is 1. The van der Waals surface area contributed by atoms with Gasteiger partial charge in [0.05, 0.1) is 12.1 Å². The van der Waals surface area contributed by atoms with Crippen molar-refractivity contribution in [1.29, 1.82) is 0 Å². The number of aliphatic hydroxyl groups excluding tert-OH is 1. The van der Waals surface area contributed by atoms with E-state index in [4.69, 9.17) is 0 Å². The molecular weight excluding hydrogens is 342 g/mol. The van der Waals surface area contributed by atoms with Crippen molar-refractivity contribution in [2.45, 2.75) is 45.4 Å². The summed E-state index contributed by atoms with van der Waals surface area (Å²) in [6, 6.07) is 7.46. The zero-order valence-corrected chi connectivity index (χ0v) is 15.9. The number of pyridine rings is 1. The molecule has 144 valence electrons. The highest BCUT2D eigenvalue weighted by Crippen LogP contribution is 2.37. The van der Waals surface area contributed by atoms with Gasteiger partial charge in [-0.05, 0) is 43.7 Å². The monoisotopic (exact) mass is 369 g/mol. The Labute approximate surface area is 158 Å². The lowest BCUT2D eigenvalue weighted by Crippen LogP contribution is -2.48. The molecule has 2 aliphatic rings. The summed E-state index contributed by atoms with van der Waals surface area (Å²) in [6.07, 6.45) is 1.06. The van der Waals surface area contributed by atoms with Gasteiger partial charge in [0.1, 0.15) is 0 Å². The summed E-state index contributed by atoms with van der Waals surface area (Å²) in [5.41, 5.74) is 2.94. The summed E-state index contributed by atoms with van der Waals surface area (Å²) in [5.74, 6) is 0.830. The van der Waals surface area contributed by atoms with Gasteiger partial charge in [-0.15, -0.1) is 0 Å². The molecule has 1 aliphatic heterocycles. The summed E-state index contributed by atoms with van der Waals surface area (Å²) < 4.78 is 0. The minimum atomic E-state index is -0.473. The zero-order valence-electron chi connectivity index (χ0n) is 15.9. The number of H-pyrrole nitrogens is 1. The molecule has 4 atom stereocenters. The third-order valence-corrected chi connectivity index (χ3v) is 6.04. The smallest absolute Gasteiger partial charge is 0.217 e. The second kappa shape index (κ2) is 7.09. The average molecular weight is 369 g/mol. The van der Waals surface area contributed by atoms with Crippen molar-refractivity contribution in [3.8, 4) is 0 Å². The van der Waals surface area contributed by atoms with Crippen LogP contribution < -0.4 is 10.7 Å². The maximum atomic E-state index is 12.5. The van der Waals surface area contributed by atoms with Gasteiger partial charge in [0, 0.05) is 49.2 Å². The van der Waals surface area contributed by atoms with Crippen molar-refractivity contribution in [3.05, 3.63) is 45.7 Å². The first-order chi connectivity index (χ1) is 12.9. The van der Waals surface area contributed by atoms with Crippen molar-refractivity contribution in [2.75, 3.05) is 13.1 Å². The molecule has 0 radical (unpaired) electrons. The Bertz CT molecular complexity index is 923. The predicted octanol–water partition coefficient (Wildman–Crippen LogP) is 1.54. The predicted molar refractivity (Wildman–Crippen MR) is 104 cm³/mol. The number of carbonyl (C=O) groups is 1. The van der Waals surface area contributed by atoms with Crippen molar-refractivity contribution in [2.24, 2.45) is 11.8 Å². The molecule has 1 saturated heterocycles. The van der Waals surface area contributed by atoms with Crippen LogP contribution in [-0.4, -0.2) is 46.1 Å². The highest BCUT2D eigenvalue weighted by molar-refractivity contribution is 5.79. The van der Waals surface area contributed by atoms with Crippen molar-refractivity contribution >= 4 is 16.8 Å². The number of likely N-dealkylation sites (tertiary alicyclic amines) is 1. The molecule has 2 heterocycles. The van der Waals surface area contributed by atoms with Gasteiger partial charge in [0.25, 0.3) is 0 Å². The summed E-state index contributed by atoms with van der Waals surface area (Å²) in [5, 5.41) is 14.0. The summed E-state index contributed by atoms with van der Waals surface area (Å²) in [7, 11) is 0. The third kappa shape index (κ3) is 3.77. The van der Waals surface area contributed by atoms with Gasteiger partial charge in [0.15, 0.2) is 5.43 Å². The molecule has 1 aliphatic carbocycles. The number of rotatable bonds is 3. The molecule has 0 spiro atoms. The van der Waals surface area contributed by atoms with E-state index in [1.165, 1.54) is 6.92 Å². The molecule has 2 aromatic rings. The number of hydrogen-bond donors (Lipinski definition) is 3. The molecule has 3 N–H and O–H groups in total. The van der Waals surface area contributed by atoms with Crippen LogP contribution in [0.5, 0.6) is 0 Å². The fraction of sp³-hybridized carbons (Fsp3) is 0.524. The van der Waals surface area contributed by atoms with Gasteiger partial charge in [-0.25, -0.2) is 0 Å². The molecule has 6 nitrogen and oxygen atoms in total. The van der Waals surface area contributed by atoms with E-state index in [0.29, 0.717) is 18.4 Å². The average Bonchev–Trinajstić information content (AvgIpc) is 2.96. The van der Waals surface area contributed by atoms with E-state index in [9.17, 15) is 14.7 Å². The Morgan fingerprint density at radius 1 is 1.26 bits per heavy atom. The molecular formula is C21H27N3O3. The Hall–Kier alpha value is -2.18. The second-order valence-electron chi connectivity index (χ2n) is 8.27. The number of aryl methyl sites for hydroxylation is 1. The van der Waals surface area contributed by atoms with Gasteiger partial charge in [-0.1, -0.05) is 11.6 Å². The highest BCUT2D eigenvalue weighted by atomic mass is 16.3. The van der Waals surface area contributed by atoms with Crippen LogP contribution in [0.15, 0.2) is 29.1 Å². The first-order valence-electron chi connectivity index (χ1n) is 9.69. The normalized spacial score (nSPS) is 28.3. The van der Waals surface area contributed by atoms with Gasteiger partial charge < -0.3 is 15.4 Å². The van der Waals surface area contributed by atoms with Gasteiger partial charge in [0.2, 0.25) is 5.91 Å². The van der Waals surface area contributed by atoms with Crippen LogP contribution in [0.1, 0.15) is 31.0 Å². The van der Waals surface area contributed by atoms with Gasteiger partial charge in [-0.2, -0.15) is 0 Å². The van der Waals surface area contributed by atoms with Crippen molar-refractivity contribution in [3.63, 3.8) is 0 Å². The number of aromatic nitrogens is 1. The van der Waals surface area contributed by atoms with Crippen LogP contribution in [0.2, 0.25) is 0 Å². The van der Waals surface area contributed by atoms with Gasteiger partial charge >= 0.3 is 0 Å². The Morgan fingerprint density at radius 2 is 2.00 bits per heavy atom. The molecule has 0 bridgehead atoms. The lowest BCUT2D eigenvalue weighted by Gasteiger charge is -2.35. The molecule has 4 rings (SSSR count). The number of fused-ring (bicyclic) bond motifs is 2. The quantitative estimate of drug-likeness (QED) is 0.766. The summed E-state index contributed by atoms with van der Waals surface area (Å²) >= 11 is 0. The van der Waals surface area contributed by atoms with E-state index < -0.39 is 6.10 Å². The van der Waals surface area contributed by atoms with Crippen LogP contribution in [-0.2, 0) is 11.3 Å². The number of hydrogen-bond acceptors (Lipinski definition) is 4. The number of aromatic amines is 1.